The average Bonchev–Trinajstić information content (AvgIpc) is 2.61. The number of amides is 1. The summed E-state index contributed by atoms with van der Waals surface area (Å²) in [6.45, 7) is 2.79. The number of rotatable bonds is 5. The van der Waals surface area contributed by atoms with E-state index in [1.165, 1.54) is 11.1 Å². The monoisotopic (exact) mass is 351 g/mol. The molecule has 2 N–H and O–H groups in total. The van der Waals surface area contributed by atoms with Crippen molar-refractivity contribution in [2.45, 2.75) is 13.5 Å². The van der Waals surface area contributed by atoms with Gasteiger partial charge in [-0.15, -0.1) is 0 Å². The summed E-state index contributed by atoms with van der Waals surface area (Å²) in [7, 11) is 0. The molecule has 4 nitrogen and oxygen atoms in total. The molecule has 0 bridgehead atoms. The van der Waals surface area contributed by atoms with Gasteiger partial charge in [-0.05, 0) is 36.8 Å². The van der Waals surface area contributed by atoms with Gasteiger partial charge in [0.15, 0.2) is 0 Å². The molecule has 0 spiro atoms. The highest BCUT2D eigenvalue weighted by Crippen LogP contribution is 2.17. The Labute approximate surface area is 151 Å². The number of halogens is 1. The zero-order valence-corrected chi connectivity index (χ0v) is 14.5. The lowest BCUT2D eigenvalue weighted by Crippen LogP contribution is -2.13. The van der Waals surface area contributed by atoms with Crippen LogP contribution in [0.1, 0.15) is 21.5 Å². The number of hydrogen-bond donors (Lipinski definition) is 2. The van der Waals surface area contributed by atoms with Gasteiger partial charge in [0.1, 0.15) is 5.82 Å². The Kier molecular flexibility index (Phi) is 5.31. The minimum absolute atomic E-state index is 0.279. The van der Waals surface area contributed by atoms with Crippen LogP contribution in [0.3, 0.4) is 0 Å². The van der Waals surface area contributed by atoms with E-state index < -0.39 is 0 Å². The van der Waals surface area contributed by atoms with Crippen LogP contribution in [0.4, 0.5) is 11.5 Å². The highest BCUT2D eigenvalue weighted by atomic mass is 35.5. The second-order valence-electron chi connectivity index (χ2n) is 5.71. The first-order valence-corrected chi connectivity index (χ1v) is 8.31. The Hall–Kier alpha value is -2.85. The van der Waals surface area contributed by atoms with E-state index in [0.29, 0.717) is 22.9 Å². The van der Waals surface area contributed by atoms with Gasteiger partial charge in [0.25, 0.3) is 5.91 Å². The van der Waals surface area contributed by atoms with Gasteiger partial charge in [0, 0.05) is 6.54 Å². The molecule has 0 radical (unpaired) electrons. The largest absolute Gasteiger partial charge is 0.380 e. The van der Waals surface area contributed by atoms with Crippen molar-refractivity contribution in [2.75, 3.05) is 10.6 Å². The standard InChI is InChI=1S/C20H18ClN3O/c1-14-5-4-6-15(11-14)12-22-16-9-10-19(23-13-16)24-20(25)17-7-2-3-8-18(17)21/h2-11,13,22H,12H2,1H3,(H,23,24,25). The fourth-order valence-electron chi connectivity index (χ4n) is 2.43. The Balaban J connectivity index is 1.60. The molecule has 0 fully saturated rings. The maximum absolute atomic E-state index is 12.2. The second kappa shape index (κ2) is 7.81. The number of pyridine rings is 1. The molecule has 0 aliphatic carbocycles. The summed E-state index contributed by atoms with van der Waals surface area (Å²) in [5.41, 5.74) is 3.75. The predicted octanol–water partition coefficient (Wildman–Crippen LogP) is 4.91. The van der Waals surface area contributed by atoms with E-state index in [9.17, 15) is 4.79 Å². The van der Waals surface area contributed by atoms with Crippen molar-refractivity contribution >= 4 is 29.0 Å². The summed E-state index contributed by atoms with van der Waals surface area (Å²) in [5, 5.41) is 6.47. The van der Waals surface area contributed by atoms with Crippen LogP contribution in [-0.4, -0.2) is 10.9 Å². The van der Waals surface area contributed by atoms with Gasteiger partial charge < -0.3 is 10.6 Å². The van der Waals surface area contributed by atoms with Crippen molar-refractivity contribution in [3.8, 4) is 0 Å². The van der Waals surface area contributed by atoms with Crippen molar-refractivity contribution in [3.05, 3.63) is 88.6 Å². The van der Waals surface area contributed by atoms with Crippen molar-refractivity contribution < 1.29 is 4.79 Å². The molecule has 5 heteroatoms. The van der Waals surface area contributed by atoms with Crippen molar-refractivity contribution in [3.63, 3.8) is 0 Å². The van der Waals surface area contributed by atoms with Crippen LogP contribution in [0.5, 0.6) is 0 Å². The molecule has 126 valence electrons. The Bertz CT molecular complexity index is 878. The highest BCUT2D eigenvalue weighted by Gasteiger charge is 2.10. The Morgan fingerprint density at radius 2 is 1.92 bits per heavy atom. The molecular weight excluding hydrogens is 334 g/mol. The summed E-state index contributed by atoms with van der Waals surface area (Å²) < 4.78 is 0. The summed E-state index contributed by atoms with van der Waals surface area (Å²) in [6, 6.07) is 18.9. The number of hydrogen-bond acceptors (Lipinski definition) is 3. The van der Waals surface area contributed by atoms with E-state index in [4.69, 9.17) is 11.6 Å². The third kappa shape index (κ3) is 4.58. The SMILES string of the molecule is Cc1cccc(CNc2ccc(NC(=O)c3ccccc3Cl)nc2)c1. The highest BCUT2D eigenvalue weighted by molar-refractivity contribution is 6.34. The van der Waals surface area contributed by atoms with Crippen LogP contribution in [0.2, 0.25) is 5.02 Å². The Morgan fingerprint density at radius 1 is 1.08 bits per heavy atom. The topological polar surface area (TPSA) is 54.0 Å². The molecule has 1 heterocycles. The predicted molar refractivity (Wildman–Crippen MR) is 102 cm³/mol. The van der Waals surface area contributed by atoms with Gasteiger partial charge in [-0.25, -0.2) is 4.98 Å². The number of benzene rings is 2. The second-order valence-corrected chi connectivity index (χ2v) is 6.12. The molecule has 1 amide bonds. The third-order valence-corrected chi connectivity index (χ3v) is 4.03. The normalized spacial score (nSPS) is 10.3. The fraction of sp³-hybridized carbons (Fsp3) is 0.100. The lowest BCUT2D eigenvalue weighted by atomic mass is 10.1. The van der Waals surface area contributed by atoms with Gasteiger partial charge >= 0.3 is 0 Å². The molecule has 2 aromatic carbocycles. The van der Waals surface area contributed by atoms with Crippen LogP contribution in [-0.2, 0) is 6.54 Å². The smallest absolute Gasteiger partial charge is 0.258 e. The minimum atomic E-state index is -0.279. The summed E-state index contributed by atoms with van der Waals surface area (Å²) in [4.78, 5) is 16.5. The van der Waals surface area contributed by atoms with Crippen molar-refractivity contribution in [1.82, 2.24) is 4.98 Å². The summed E-state index contributed by atoms with van der Waals surface area (Å²) in [6.07, 6.45) is 1.69. The van der Waals surface area contributed by atoms with Crippen LogP contribution in [0.25, 0.3) is 0 Å². The fourth-order valence-corrected chi connectivity index (χ4v) is 2.65. The molecule has 1 aromatic heterocycles. The first kappa shape index (κ1) is 17.0. The molecule has 0 atom stereocenters. The first-order valence-electron chi connectivity index (χ1n) is 7.93. The molecule has 3 aromatic rings. The molecule has 0 aliphatic heterocycles. The van der Waals surface area contributed by atoms with Gasteiger partial charge in [0.05, 0.1) is 22.5 Å². The molecule has 0 saturated carbocycles. The average molecular weight is 352 g/mol. The zero-order valence-electron chi connectivity index (χ0n) is 13.8. The molecule has 25 heavy (non-hydrogen) atoms. The van der Waals surface area contributed by atoms with Crippen LogP contribution in [0, 0.1) is 6.92 Å². The number of anilines is 2. The molecule has 0 unspecified atom stereocenters. The van der Waals surface area contributed by atoms with E-state index in [2.05, 4.69) is 40.7 Å². The number of carbonyl (C=O) groups is 1. The van der Waals surface area contributed by atoms with E-state index in [0.717, 1.165) is 5.69 Å². The van der Waals surface area contributed by atoms with Gasteiger partial charge in [0.2, 0.25) is 0 Å². The van der Waals surface area contributed by atoms with Gasteiger partial charge in [-0.2, -0.15) is 0 Å². The lowest BCUT2D eigenvalue weighted by Gasteiger charge is -2.09. The molecule has 3 rings (SSSR count). The summed E-state index contributed by atoms with van der Waals surface area (Å²) >= 11 is 6.03. The number of nitrogens with one attached hydrogen (secondary N) is 2. The van der Waals surface area contributed by atoms with E-state index in [-0.39, 0.29) is 5.91 Å². The van der Waals surface area contributed by atoms with Crippen LogP contribution in [0.15, 0.2) is 66.9 Å². The van der Waals surface area contributed by atoms with E-state index in [1.54, 1.807) is 36.5 Å². The third-order valence-electron chi connectivity index (χ3n) is 3.70. The van der Waals surface area contributed by atoms with Crippen LogP contribution < -0.4 is 10.6 Å². The lowest BCUT2D eigenvalue weighted by molar-refractivity contribution is 0.102. The quantitative estimate of drug-likeness (QED) is 0.686. The number of aryl methyl sites for hydroxylation is 1. The van der Waals surface area contributed by atoms with Crippen molar-refractivity contribution in [1.29, 1.82) is 0 Å². The maximum Gasteiger partial charge on any atom is 0.258 e. The van der Waals surface area contributed by atoms with E-state index in [1.807, 2.05) is 12.1 Å². The molecular formula is C20H18ClN3O. The molecule has 0 saturated heterocycles. The minimum Gasteiger partial charge on any atom is -0.380 e. The number of carbonyl (C=O) groups excluding carboxylic acids is 1. The zero-order chi connectivity index (χ0) is 17.6. The van der Waals surface area contributed by atoms with Crippen molar-refractivity contribution in [2.24, 2.45) is 0 Å². The van der Waals surface area contributed by atoms with Gasteiger partial charge in [-0.3, -0.25) is 4.79 Å². The van der Waals surface area contributed by atoms with Gasteiger partial charge in [-0.1, -0.05) is 53.6 Å². The maximum atomic E-state index is 12.2. The number of aromatic nitrogens is 1. The summed E-state index contributed by atoms with van der Waals surface area (Å²) in [5.74, 6) is 0.199. The van der Waals surface area contributed by atoms with Crippen LogP contribution >= 0.6 is 11.6 Å². The Morgan fingerprint density at radius 3 is 2.64 bits per heavy atom. The molecule has 0 aliphatic rings. The number of nitrogens with zero attached hydrogens (tertiary/aromatic N) is 1. The van der Waals surface area contributed by atoms with E-state index >= 15 is 0 Å². The first-order chi connectivity index (χ1) is 12.1.